The van der Waals surface area contributed by atoms with Gasteiger partial charge >= 0.3 is 0 Å². The van der Waals surface area contributed by atoms with Crippen LogP contribution in [0.2, 0.25) is 5.02 Å². The van der Waals surface area contributed by atoms with Crippen LogP contribution in [-0.2, 0) is 4.79 Å². The molecular formula is C25H22ClN5O7. The van der Waals surface area contributed by atoms with E-state index in [1.807, 2.05) is 0 Å². The van der Waals surface area contributed by atoms with E-state index < -0.39 is 28.8 Å². The summed E-state index contributed by atoms with van der Waals surface area (Å²) in [6, 6.07) is 6.41. The molecule has 0 radical (unpaired) electrons. The third-order valence-corrected chi connectivity index (χ3v) is 6.97. The van der Waals surface area contributed by atoms with Crippen molar-refractivity contribution in [3.05, 3.63) is 52.5 Å². The van der Waals surface area contributed by atoms with Crippen molar-refractivity contribution >= 4 is 35.1 Å². The van der Waals surface area contributed by atoms with Gasteiger partial charge in [-0.25, -0.2) is 0 Å². The van der Waals surface area contributed by atoms with Gasteiger partial charge in [0.1, 0.15) is 39.8 Å². The molecule has 0 saturated heterocycles. The highest BCUT2D eigenvalue weighted by Gasteiger charge is 2.60. The Balaban J connectivity index is 1.59. The quantitative estimate of drug-likeness (QED) is 0.461. The van der Waals surface area contributed by atoms with E-state index >= 15 is 0 Å². The summed E-state index contributed by atoms with van der Waals surface area (Å²) in [5.74, 6) is -1.35. The third kappa shape index (κ3) is 3.67. The summed E-state index contributed by atoms with van der Waals surface area (Å²) in [5, 5.41) is 22.6. The highest BCUT2D eigenvalue weighted by atomic mass is 35.5. The first-order valence-electron chi connectivity index (χ1n) is 11.4. The molecule has 2 aromatic carbocycles. The van der Waals surface area contributed by atoms with Crippen molar-refractivity contribution < 1.29 is 33.6 Å². The van der Waals surface area contributed by atoms with Gasteiger partial charge in [-0.05, 0) is 28.6 Å². The fourth-order valence-electron chi connectivity index (χ4n) is 4.66. The zero-order valence-corrected chi connectivity index (χ0v) is 21.5. The first-order chi connectivity index (χ1) is 18.3. The molecule has 0 bridgehead atoms. The van der Waals surface area contributed by atoms with E-state index in [4.69, 9.17) is 30.5 Å². The maximum absolute atomic E-state index is 13.8. The lowest BCUT2D eigenvalue weighted by atomic mass is 9.73. The maximum atomic E-state index is 13.8. The molecule has 38 heavy (non-hydrogen) atoms. The Morgan fingerprint density at radius 2 is 1.89 bits per heavy atom. The summed E-state index contributed by atoms with van der Waals surface area (Å²) < 4.78 is 23.5. The lowest BCUT2D eigenvalue weighted by Crippen LogP contribution is -2.52. The molecule has 0 saturated carbocycles. The van der Waals surface area contributed by atoms with Crippen LogP contribution in [0.5, 0.6) is 23.0 Å². The van der Waals surface area contributed by atoms with E-state index in [0.717, 1.165) is 0 Å². The number of tetrazole rings is 1. The van der Waals surface area contributed by atoms with E-state index in [1.54, 1.807) is 25.1 Å². The number of aromatic nitrogens is 4. The third-order valence-electron chi connectivity index (χ3n) is 6.61. The Bertz CT molecular complexity index is 1520. The van der Waals surface area contributed by atoms with Gasteiger partial charge in [-0.3, -0.25) is 14.6 Å². The molecule has 12 nitrogen and oxygen atoms in total. The van der Waals surface area contributed by atoms with Crippen molar-refractivity contribution in [2.24, 2.45) is 10.9 Å². The Kier molecular flexibility index (Phi) is 6.27. The molecular weight excluding hydrogens is 518 g/mol. The van der Waals surface area contributed by atoms with Crippen LogP contribution in [0, 0.1) is 5.92 Å². The number of fused-ring (bicyclic) bond motifs is 1. The second-order valence-electron chi connectivity index (χ2n) is 8.63. The minimum atomic E-state index is -1.89. The number of nitrogens with zero attached hydrogens (tertiary/aromatic N) is 5. The number of aliphatic imine (C=N–C) groups is 1. The van der Waals surface area contributed by atoms with Crippen molar-refractivity contribution in [2.45, 2.75) is 18.9 Å². The Morgan fingerprint density at radius 1 is 1.16 bits per heavy atom. The molecule has 5 rings (SSSR count). The van der Waals surface area contributed by atoms with Crippen LogP contribution in [0.4, 0.5) is 5.69 Å². The number of ether oxygens (including phenoxy) is 4. The minimum Gasteiger partial charge on any atom is -0.507 e. The van der Waals surface area contributed by atoms with Crippen LogP contribution in [0.25, 0.3) is 5.69 Å². The molecule has 13 heteroatoms. The Morgan fingerprint density at radius 3 is 2.55 bits per heavy atom. The van der Waals surface area contributed by atoms with Crippen LogP contribution in [-0.4, -0.2) is 70.0 Å². The number of aliphatic hydroxyl groups excluding tert-OH is 1. The van der Waals surface area contributed by atoms with Crippen molar-refractivity contribution in [1.82, 2.24) is 20.2 Å². The molecule has 1 aromatic heterocycles. The highest BCUT2D eigenvalue weighted by Crippen LogP contribution is 2.54. The van der Waals surface area contributed by atoms with Gasteiger partial charge in [0.05, 0.1) is 32.6 Å². The van der Waals surface area contributed by atoms with Crippen LogP contribution in [0.15, 0.2) is 46.9 Å². The van der Waals surface area contributed by atoms with Crippen LogP contribution >= 0.6 is 11.6 Å². The molecule has 1 spiro atoms. The second kappa shape index (κ2) is 9.45. The summed E-state index contributed by atoms with van der Waals surface area (Å²) in [4.78, 5) is 31.2. The number of methoxy groups -OCH3 is 3. The predicted molar refractivity (Wildman–Crippen MR) is 135 cm³/mol. The van der Waals surface area contributed by atoms with E-state index in [2.05, 4.69) is 20.5 Å². The number of carbonyl (C=O) groups is 2. The number of Topliss-reactive ketones (excluding diaryl/α,β-unsaturated/α-hetero) is 2. The molecule has 1 aliphatic heterocycles. The summed E-state index contributed by atoms with van der Waals surface area (Å²) in [6.07, 6.45) is 2.51. The van der Waals surface area contributed by atoms with Gasteiger partial charge in [-0.1, -0.05) is 18.5 Å². The second-order valence-corrected chi connectivity index (χ2v) is 9.00. The number of aliphatic hydroxyl groups is 1. The van der Waals surface area contributed by atoms with Crippen LogP contribution < -0.4 is 18.9 Å². The zero-order valence-electron chi connectivity index (χ0n) is 20.8. The van der Waals surface area contributed by atoms with Gasteiger partial charge in [-0.2, -0.15) is 4.68 Å². The predicted octanol–water partition coefficient (Wildman–Crippen LogP) is 3.48. The van der Waals surface area contributed by atoms with E-state index in [9.17, 15) is 14.7 Å². The molecule has 196 valence electrons. The molecule has 2 aliphatic rings. The molecule has 2 heterocycles. The topological polar surface area (TPSA) is 147 Å². The first-order valence-corrected chi connectivity index (χ1v) is 11.7. The van der Waals surface area contributed by atoms with Gasteiger partial charge in [0.25, 0.3) is 0 Å². The fourth-order valence-corrected chi connectivity index (χ4v) is 4.93. The number of rotatable bonds is 6. The SMILES string of the molecule is COc1ccc(N=CC2=C(O)[C@@]3(Oc4c(Cl)c(OC)cc(OC)c4C3=O)[C@H](C)CC2=O)cc1-n1cnnn1. The van der Waals surface area contributed by atoms with Gasteiger partial charge < -0.3 is 24.1 Å². The number of allylic oxidation sites excluding steroid dienone is 1. The highest BCUT2D eigenvalue weighted by molar-refractivity contribution is 6.35. The number of carbonyl (C=O) groups excluding carboxylic acids is 2. The number of hydrogen-bond donors (Lipinski definition) is 1. The van der Waals surface area contributed by atoms with Crippen molar-refractivity contribution in [1.29, 1.82) is 0 Å². The van der Waals surface area contributed by atoms with E-state index in [1.165, 1.54) is 44.6 Å². The van der Waals surface area contributed by atoms with Gasteiger partial charge in [0.15, 0.2) is 17.3 Å². The number of ketones is 2. The summed E-state index contributed by atoms with van der Waals surface area (Å²) >= 11 is 6.46. The molecule has 0 unspecified atom stereocenters. The first kappa shape index (κ1) is 25.2. The summed E-state index contributed by atoms with van der Waals surface area (Å²) in [7, 11) is 4.31. The number of hydrogen-bond acceptors (Lipinski definition) is 11. The lowest BCUT2D eigenvalue weighted by Gasteiger charge is -2.36. The number of halogens is 1. The average molecular weight is 540 g/mol. The van der Waals surface area contributed by atoms with Gasteiger partial charge in [-0.15, -0.1) is 5.10 Å². The molecule has 1 aliphatic carbocycles. The molecule has 0 amide bonds. The van der Waals surface area contributed by atoms with Crippen LogP contribution in [0.1, 0.15) is 23.7 Å². The lowest BCUT2D eigenvalue weighted by molar-refractivity contribution is -0.118. The van der Waals surface area contributed by atoms with Crippen molar-refractivity contribution in [3.8, 4) is 28.7 Å². The van der Waals surface area contributed by atoms with Crippen molar-refractivity contribution in [3.63, 3.8) is 0 Å². The average Bonchev–Trinajstić information content (AvgIpc) is 3.56. The van der Waals surface area contributed by atoms with Gasteiger partial charge in [0.2, 0.25) is 11.4 Å². The largest absolute Gasteiger partial charge is 0.507 e. The Labute approximate surface area is 221 Å². The standard InChI is InChI=1S/C25H22ClN5O7/c1-12-7-16(32)14(10-27-13-5-6-17(35-2)15(8-13)31-11-28-29-30-31)23(33)25(12)24(34)20-18(36-3)9-19(37-4)21(26)22(20)38-25/h5-6,8-12,33H,7H2,1-4H3/t12-,25+/m1/s1. The fraction of sp³-hybridized carbons (Fsp3) is 0.280. The monoisotopic (exact) mass is 539 g/mol. The Hall–Kier alpha value is -4.45. The molecule has 1 N–H and O–H groups in total. The smallest absolute Gasteiger partial charge is 0.231 e. The summed E-state index contributed by atoms with van der Waals surface area (Å²) in [5.41, 5.74) is -1.08. The van der Waals surface area contributed by atoms with E-state index in [-0.39, 0.29) is 39.8 Å². The normalized spacial score (nSPS) is 20.7. The number of benzene rings is 2. The zero-order chi connectivity index (χ0) is 27.2. The molecule has 2 atom stereocenters. The molecule has 3 aromatic rings. The van der Waals surface area contributed by atoms with Crippen LogP contribution in [0.3, 0.4) is 0 Å². The van der Waals surface area contributed by atoms with Gasteiger partial charge in [0, 0.05) is 24.6 Å². The van der Waals surface area contributed by atoms with E-state index in [0.29, 0.717) is 17.1 Å². The minimum absolute atomic E-state index is 0.0122. The molecule has 0 fully saturated rings. The maximum Gasteiger partial charge on any atom is 0.231 e. The summed E-state index contributed by atoms with van der Waals surface area (Å²) in [6.45, 7) is 1.64. The van der Waals surface area contributed by atoms with Crippen molar-refractivity contribution in [2.75, 3.05) is 21.3 Å².